The Bertz CT molecular complexity index is 505. The summed E-state index contributed by atoms with van der Waals surface area (Å²) >= 11 is 0. The molecular formula is C20H32O6. The second-order valence-corrected chi connectivity index (χ2v) is 8.29. The van der Waals surface area contributed by atoms with Gasteiger partial charge in [0.05, 0.1) is 36.9 Å². The van der Waals surface area contributed by atoms with E-state index in [1.165, 1.54) is 0 Å². The molecule has 9 unspecified atom stereocenters. The summed E-state index contributed by atoms with van der Waals surface area (Å²) in [5.41, 5.74) is 0. The van der Waals surface area contributed by atoms with Crippen molar-refractivity contribution < 1.29 is 28.8 Å². The highest BCUT2D eigenvalue weighted by Gasteiger charge is 2.63. The lowest BCUT2D eigenvalue weighted by atomic mass is 9.69. The molecule has 0 saturated carbocycles. The summed E-state index contributed by atoms with van der Waals surface area (Å²) in [6, 6.07) is 0. The monoisotopic (exact) mass is 368 g/mol. The van der Waals surface area contributed by atoms with Crippen LogP contribution >= 0.6 is 0 Å². The van der Waals surface area contributed by atoms with Gasteiger partial charge in [0.2, 0.25) is 0 Å². The second-order valence-electron chi connectivity index (χ2n) is 8.29. The molecule has 4 fully saturated rings. The third kappa shape index (κ3) is 3.30. The highest BCUT2D eigenvalue weighted by Crippen LogP contribution is 2.56. The van der Waals surface area contributed by atoms with Crippen LogP contribution < -0.4 is 0 Å². The molecule has 1 N–H and O–H groups in total. The molecule has 0 radical (unpaired) electrons. The molecule has 4 aliphatic rings. The number of carboxylic acid groups (broad SMARTS) is 1. The molecule has 0 aromatic rings. The summed E-state index contributed by atoms with van der Waals surface area (Å²) in [6.07, 6.45) is 6.00. The minimum atomic E-state index is -0.814. The van der Waals surface area contributed by atoms with Crippen LogP contribution in [0.4, 0.5) is 0 Å². The van der Waals surface area contributed by atoms with Crippen LogP contribution in [0.3, 0.4) is 0 Å². The fourth-order valence-electron chi connectivity index (χ4n) is 5.79. The van der Waals surface area contributed by atoms with E-state index in [2.05, 4.69) is 13.8 Å². The minimum absolute atomic E-state index is 0.0172. The van der Waals surface area contributed by atoms with Crippen molar-refractivity contribution in [2.75, 3.05) is 6.61 Å². The highest BCUT2D eigenvalue weighted by atomic mass is 16.7. The van der Waals surface area contributed by atoms with Gasteiger partial charge in [0.25, 0.3) is 0 Å². The third-order valence-corrected chi connectivity index (χ3v) is 6.84. The summed E-state index contributed by atoms with van der Waals surface area (Å²) in [6.45, 7) is 5.05. The Balaban J connectivity index is 1.49. The fraction of sp³-hybridized carbons (Fsp3) is 0.950. The summed E-state index contributed by atoms with van der Waals surface area (Å²) < 4.78 is 24.6. The van der Waals surface area contributed by atoms with E-state index >= 15 is 0 Å². The molecular weight excluding hydrogens is 336 g/mol. The Kier molecular flexibility index (Phi) is 5.56. The molecule has 4 heterocycles. The van der Waals surface area contributed by atoms with E-state index in [1.54, 1.807) is 0 Å². The average Bonchev–Trinajstić information content (AvgIpc) is 3.32. The van der Waals surface area contributed by atoms with E-state index in [9.17, 15) is 9.90 Å². The van der Waals surface area contributed by atoms with Gasteiger partial charge in [0.1, 0.15) is 0 Å². The second kappa shape index (κ2) is 7.74. The van der Waals surface area contributed by atoms with Crippen molar-refractivity contribution in [2.24, 2.45) is 17.8 Å². The average molecular weight is 368 g/mol. The number of carboxylic acids is 1. The molecule has 9 atom stereocenters. The molecule has 4 rings (SSSR count). The van der Waals surface area contributed by atoms with Crippen LogP contribution in [0.5, 0.6) is 0 Å². The normalized spacial score (nSPS) is 45.6. The van der Waals surface area contributed by atoms with Crippen LogP contribution in [0.1, 0.15) is 58.8 Å². The van der Waals surface area contributed by atoms with Crippen LogP contribution in [0.25, 0.3) is 0 Å². The van der Waals surface area contributed by atoms with Gasteiger partial charge in [0.15, 0.2) is 6.29 Å². The first-order valence-electron chi connectivity index (χ1n) is 10.4. The maximum Gasteiger partial charge on any atom is 0.305 e. The molecule has 0 amide bonds. The first-order valence-corrected chi connectivity index (χ1v) is 10.4. The molecule has 0 spiro atoms. The van der Waals surface area contributed by atoms with Gasteiger partial charge in [-0.25, -0.2) is 0 Å². The van der Waals surface area contributed by atoms with E-state index in [4.69, 9.17) is 18.9 Å². The largest absolute Gasteiger partial charge is 0.481 e. The lowest BCUT2D eigenvalue weighted by molar-refractivity contribution is -0.206. The topological polar surface area (TPSA) is 74.2 Å². The van der Waals surface area contributed by atoms with E-state index in [1.807, 2.05) is 0 Å². The number of ether oxygens (including phenoxy) is 4. The van der Waals surface area contributed by atoms with Crippen molar-refractivity contribution in [3.8, 4) is 0 Å². The van der Waals surface area contributed by atoms with Crippen molar-refractivity contribution in [3.63, 3.8) is 0 Å². The number of carbonyl (C=O) groups is 1. The van der Waals surface area contributed by atoms with Crippen LogP contribution in [0, 0.1) is 17.8 Å². The van der Waals surface area contributed by atoms with E-state index in [0.717, 1.165) is 38.5 Å². The van der Waals surface area contributed by atoms with Gasteiger partial charge in [0, 0.05) is 24.4 Å². The zero-order valence-electron chi connectivity index (χ0n) is 15.8. The van der Waals surface area contributed by atoms with Crippen molar-refractivity contribution in [1.82, 2.24) is 0 Å². The van der Waals surface area contributed by atoms with Gasteiger partial charge in [-0.05, 0) is 38.5 Å². The molecule has 0 aliphatic carbocycles. The molecule has 148 valence electrons. The SMILES string of the molecule is CCC1OC(CC)C2C3OC(CC3C(CC(=O)O)OC3CCCCO3)C12. The van der Waals surface area contributed by atoms with Gasteiger partial charge in [-0.3, -0.25) is 4.79 Å². The van der Waals surface area contributed by atoms with Gasteiger partial charge in [-0.1, -0.05) is 13.8 Å². The van der Waals surface area contributed by atoms with Gasteiger partial charge in [-0.2, -0.15) is 0 Å². The van der Waals surface area contributed by atoms with Crippen LogP contribution in [-0.4, -0.2) is 54.5 Å². The first-order chi connectivity index (χ1) is 12.6. The number of fused-ring (bicyclic) bond motifs is 5. The zero-order chi connectivity index (χ0) is 18.3. The van der Waals surface area contributed by atoms with Crippen molar-refractivity contribution in [3.05, 3.63) is 0 Å². The van der Waals surface area contributed by atoms with E-state index in [-0.39, 0.29) is 49.1 Å². The van der Waals surface area contributed by atoms with Gasteiger partial charge < -0.3 is 24.1 Å². The van der Waals surface area contributed by atoms with Crippen molar-refractivity contribution >= 4 is 5.97 Å². The Morgan fingerprint density at radius 1 is 1.15 bits per heavy atom. The molecule has 0 aromatic heterocycles. The fourth-order valence-corrected chi connectivity index (χ4v) is 5.79. The minimum Gasteiger partial charge on any atom is -0.481 e. The van der Waals surface area contributed by atoms with Gasteiger partial charge in [-0.15, -0.1) is 0 Å². The Morgan fingerprint density at radius 3 is 2.58 bits per heavy atom. The lowest BCUT2D eigenvalue weighted by Gasteiger charge is -2.36. The molecule has 0 aromatic carbocycles. The number of hydrogen-bond acceptors (Lipinski definition) is 5. The zero-order valence-corrected chi connectivity index (χ0v) is 15.8. The van der Waals surface area contributed by atoms with Crippen LogP contribution in [-0.2, 0) is 23.7 Å². The predicted octanol–water partition coefficient (Wildman–Crippen LogP) is 2.98. The quantitative estimate of drug-likeness (QED) is 0.745. The first kappa shape index (κ1) is 18.7. The summed E-state index contributed by atoms with van der Waals surface area (Å²) in [5.74, 6) is 0.144. The molecule has 26 heavy (non-hydrogen) atoms. The maximum atomic E-state index is 11.5. The van der Waals surface area contributed by atoms with Crippen LogP contribution in [0.2, 0.25) is 0 Å². The number of hydrogen-bond donors (Lipinski definition) is 1. The molecule has 4 aliphatic heterocycles. The third-order valence-electron chi connectivity index (χ3n) is 6.84. The highest BCUT2D eigenvalue weighted by molar-refractivity contribution is 5.67. The number of rotatable bonds is 7. The summed E-state index contributed by atoms with van der Waals surface area (Å²) in [7, 11) is 0. The van der Waals surface area contributed by atoms with E-state index in [0.29, 0.717) is 18.4 Å². The maximum absolute atomic E-state index is 11.5. The number of aliphatic carboxylic acids is 1. The Morgan fingerprint density at radius 2 is 1.92 bits per heavy atom. The van der Waals surface area contributed by atoms with Gasteiger partial charge >= 0.3 is 5.97 Å². The Hall–Kier alpha value is -0.690. The molecule has 2 bridgehead atoms. The lowest BCUT2D eigenvalue weighted by Crippen LogP contribution is -2.44. The summed E-state index contributed by atoms with van der Waals surface area (Å²) in [4.78, 5) is 11.5. The van der Waals surface area contributed by atoms with Crippen molar-refractivity contribution in [2.45, 2.75) is 95.6 Å². The standard InChI is InChI=1S/C20H32O6/c1-3-12-18-15-9-11(20(26-15)19(18)13(4-2)24-12)14(10-16(21)22)25-17-7-5-6-8-23-17/h11-15,17-20H,3-10H2,1-2H3,(H,21,22). The predicted molar refractivity (Wildman–Crippen MR) is 93.7 cm³/mol. The van der Waals surface area contributed by atoms with E-state index < -0.39 is 5.97 Å². The molecule has 6 nitrogen and oxygen atoms in total. The van der Waals surface area contributed by atoms with Crippen molar-refractivity contribution in [1.29, 1.82) is 0 Å². The smallest absolute Gasteiger partial charge is 0.305 e. The molecule has 6 heteroatoms. The van der Waals surface area contributed by atoms with Crippen LogP contribution in [0.15, 0.2) is 0 Å². The molecule has 4 saturated heterocycles. The summed E-state index contributed by atoms with van der Waals surface area (Å²) in [5, 5.41) is 9.42. The Labute approximate surface area is 155 Å².